The average molecular weight is 204 g/mol. The summed E-state index contributed by atoms with van der Waals surface area (Å²) in [5, 5.41) is 19.3. The zero-order valence-electron chi connectivity index (χ0n) is 8.18. The number of rotatable bonds is 4. The Hall–Kier alpha value is -2.02. The van der Waals surface area contributed by atoms with Crippen LogP contribution in [0.5, 0.6) is 0 Å². The molecule has 0 aliphatic rings. The maximum absolute atomic E-state index is 10.3. The quantitative estimate of drug-likeness (QED) is 0.785. The summed E-state index contributed by atoms with van der Waals surface area (Å²) in [6, 6.07) is 10.9. The molecule has 0 aliphatic heterocycles. The third-order valence-electron chi connectivity index (χ3n) is 2.02. The zero-order valence-corrected chi connectivity index (χ0v) is 8.18. The molecule has 0 saturated carbocycles. The van der Waals surface area contributed by atoms with Crippen molar-refractivity contribution in [1.29, 1.82) is 5.26 Å². The molecule has 1 aromatic rings. The highest BCUT2D eigenvalue weighted by Gasteiger charge is 2.09. The summed E-state index contributed by atoms with van der Waals surface area (Å²) in [7, 11) is 0. The molecule has 1 unspecified atom stereocenters. The van der Waals surface area contributed by atoms with E-state index in [1.165, 1.54) is 0 Å². The van der Waals surface area contributed by atoms with Gasteiger partial charge in [0, 0.05) is 0 Å². The van der Waals surface area contributed by atoms with E-state index in [4.69, 9.17) is 10.4 Å². The summed E-state index contributed by atoms with van der Waals surface area (Å²) in [5.74, 6) is 0. The highest BCUT2D eigenvalue weighted by Crippen LogP contribution is 2.04. The molecular formula is C11H12N2O2. The van der Waals surface area contributed by atoms with E-state index in [0.29, 0.717) is 12.8 Å². The smallest absolute Gasteiger partial charge is 0.405 e. The van der Waals surface area contributed by atoms with Crippen molar-refractivity contribution in [3.63, 3.8) is 0 Å². The fourth-order valence-electron chi connectivity index (χ4n) is 1.27. The summed E-state index contributed by atoms with van der Waals surface area (Å²) in [5.41, 5.74) is 1.10. The number of nitrogens with one attached hydrogen (secondary N) is 1. The van der Waals surface area contributed by atoms with Crippen molar-refractivity contribution in [3.05, 3.63) is 35.9 Å². The maximum atomic E-state index is 10.3. The van der Waals surface area contributed by atoms with Crippen molar-refractivity contribution in [2.24, 2.45) is 0 Å². The second-order valence-electron chi connectivity index (χ2n) is 3.16. The summed E-state index contributed by atoms with van der Waals surface area (Å²) in [6.45, 7) is 0. The molecule has 15 heavy (non-hydrogen) atoms. The van der Waals surface area contributed by atoms with Crippen molar-refractivity contribution in [1.82, 2.24) is 5.32 Å². The van der Waals surface area contributed by atoms with Gasteiger partial charge in [0.15, 0.2) is 0 Å². The average Bonchev–Trinajstić information content (AvgIpc) is 2.25. The summed E-state index contributed by atoms with van der Waals surface area (Å²) < 4.78 is 0. The van der Waals surface area contributed by atoms with Crippen LogP contribution in [0.2, 0.25) is 0 Å². The number of carboxylic acid groups (broad SMARTS) is 1. The third kappa shape index (κ3) is 4.14. The first-order chi connectivity index (χ1) is 7.22. The number of amides is 1. The maximum Gasteiger partial charge on any atom is 0.405 e. The van der Waals surface area contributed by atoms with Crippen molar-refractivity contribution >= 4 is 6.09 Å². The van der Waals surface area contributed by atoms with Gasteiger partial charge >= 0.3 is 6.09 Å². The monoisotopic (exact) mass is 204 g/mol. The van der Waals surface area contributed by atoms with E-state index >= 15 is 0 Å². The molecule has 1 rings (SSSR count). The largest absolute Gasteiger partial charge is 0.465 e. The Morgan fingerprint density at radius 2 is 2.13 bits per heavy atom. The molecule has 0 heterocycles. The standard InChI is InChI=1S/C11H12N2O2/c12-8-10(13-11(14)15)7-6-9-4-2-1-3-5-9/h1-5,10,13H,6-7H2,(H,14,15). The molecule has 4 nitrogen and oxygen atoms in total. The van der Waals surface area contributed by atoms with E-state index in [2.05, 4.69) is 5.32 Å². The van der Waals surface area contributed by atoms with Gasteiger partial charge in [0.05, 0.1) is 6.07 Å². The number of benzene rings is 1. The molecule has 0 spiro atoms. The van der Waals surface area contributed by atoms with E-state index in [1.54, 1.807) is 0 Å². The summed E-state index contributed by atoms with van der Waals surface area (Å²) >= 11 is 0. The Labute approximate surface area is 88.2 Å². The molecule has 1 amide bonds. The van der Waals surface area contributed by atoms with Crippen LogP contribution in [-0.4, -0.2) is 17.2 Å². The lowest BCUT2D eigenvalue weighted by molar-refractivity contribution is 0.192. The van der Waals surface area contributed by atoms with Crippen molar-refractivity contribution in [3.8, 4) is 6.07 Å². The van der Waals surface area contributed by atoms with Gasteiger partial charge in [-0.05, 0) is 18.4 Å². The second-order valence-corrected chi connectivity index (χ2v) is 3.16. The third-order valence-corrected chi connectivity index (χ3v) is 2.02. The topological polar surface area (TPSA) is 73.1 Å². The van der Waals surface area contributed by atoms with Gasteiger partial charge in [-0.3, -0.25) is 0 Å². The Bertz CT molecular complexity index is 357. The Balaban J connectivity index is 2.42. The molecule has 0 aromatic heterocycles. The highest BCUT2D eigenvalue weighted by molar-refractivity contribution is 5.65. The predicted molar refractivity (Wildman–Crippen MR) is 55.3 cm³/mol. The number of carbonyl (C=O) groups is 1. The lowest BCUT2D eigenvalue weighted by Gasteiger charge is -2.08. The van der Waals surface area contributed by atoms with Gasteiger partial charge in [0.1, 0.15) is 6.04 Å². The summed E-state index contributed by atoms with van der Waals surface area (Å²) in [6.07, 6.45) is 0.0289. The minimum atomic E-state index is -1.16. The van der Waals surface area contributed by atoms with Gasteiger partial charge in [-0.25, -0.2) is 4.79 Å². The first-order valence-corrected chi connectivity index (χ1v) is 4.65. The molecular weight excluding hydrogens is 192 g/mol. The van der Waals surface area contributed by atoms with Crippen molar-refractivity contribution in [2.75, 3.05) is 0 Å². The van der Waals surface area contributed by atoms with Crippen LogP contribution in [0, 0.1) is 11.3 Å². The van der Waals surface area contributed by atoms with Crippen molar-refractivity contribution < 1.29 is 9.90 Å². The fourth-order valence-corrected chi connectivity index (χ4v) is 1.27. The Morgan fingerprint density at radius 3 is 2.67 bits per heavy atom. The van der Waals surface area contributed by atoms with E-state index in [-0.39, 0.29) is 0 Å². The van der Waals surface area contributed by atoms with Crippen LogP contribution in [-0.2, 0) is 6.42 Å². The van der Waals surface area contributed by atoms with Crippen LogP contribution in [0.15, 0.2) is 30.3 Å². The zero-order chi connectivity index (χ0) is 11.1. The van der Waals surface area contributed by atoms with Gasteiger partial charge in [-0.15, -0.1) is 0 Å². The molecule has 0 fully saturated rings. The van der Waals surface area contributed by atoms with Gasteiger partial charge in [0.25, 0.3) is 0 Å². The van der Waals surface area contributed by atoms with E-state index in [0.717, 1.165) is 5.56 Å². The minimum absolute atomic E-state index is 0.493. The number of nitriles is 1. The molecule has 1 aromatic carbocycles. The molecule has 2 N–H and O–H groups in total. The lowest BCUT2D eigenvalue weighted by atomic mass is 10.1. The Morgan fingerprint density at radius 1 is 1.47 bits per heavy atom. The second kappa shape index (κ2) is 5.66. The molecule has 0 bridgehead atoms. The Kier molecular flexibility index (Phi) is 4.17. The van der Waals surface area contributed by atoms with Crippen LogP contribution in [0.4, 0.5) is 4.79 Å². The SMILES string of the molecule is N#CC(CCc1ccccc1)NC(=O)O. The lowest BCUT2D eigenvalue weighted by Crippen LogP contribution is -2.32. The van der Waals surface area contributed by atoms with Crippen LogP contribution >= 0.6 is 0 Å². The van der Waals surface area contributed by atoms with Gasteiger partial charge in [0.2, 0.25) is 0 Å². The number of hydrogen-bond donors (Lipinski definition) is 2. The van der Waals surface area contributed by atoms with E-state index < -0.39 is 12.1 Å². The van der Waals surface area contributed by atoms with Gasteiger partial charge in [-0.2, -0.15) is 5.26 Å². The number of hydrogen-bond acceptors (Lipinski definition) is 2. The van der Waals surface area contributed by atoms with E-state index in [1.807, 2.05) is 36.4 Å². The van der Waals surface area contributed by atoms with Crippen LogP contribution < -0.4 is 5.32 Å². The minimum Gasteiger partial charge on any atom is -0.465 e. The van der Waals surface area contributed by atoms with Crippen LogP contribution in [0.25, 0.3) is 0 Å². The highest BCUT2D eigenvalue weighted by atomic mass is 16.4. The molecule has 4 heteroatoms. The molecule has 78 valence electrons. The predicted octanol–water partition coefficient (Wildman–Crippen LogP) is 1.78. The molecule has 0 aliphatic carbocycles. The van der Waals surface area contributed by atoms with Gasteiger partial charge < -0.3 is 10.4 Å². The number of nitrogens with zero attached hydrogens (tertiary/aromatic N) is 1. The number of aryl methyl sites for hydroxylation is 1. The fraction of sp³-hybridized carbons (Fsp3) is 0.273. The molecule has 1 atom stereocenters. The normalized spacial score (nSPS) is 11.4. The first-order valence-electron chi connectivity index (χ1n) is 4.65. The van der Waals surface area contributed by atoms with Crippen LogP contribution in [0.3, 0.4) is 0 Å². The van der Waals surface area contributed by atoms with Crippen LogP contribution in [0.1, 0.15) is 12.0 Å². The molecule has 0 saturated heterocycles. The van der Waals surface area contributed by atoms with Gasteiger partial charge in [-0.1, -0.05) is 30.3 Å². The molecule has 0 radical (unpaired) electrons. The first kappa shape index (κ1) is 11.1. The van der Waals surface area contributed by atoms with E-state index in [9.17, 15) is 4.79 Å². The van der Waals surface area contributed by atoms with Crippen molar-refractivity contribution in [2.45, 2.75) is 18.9 Å². The summed E-state index contributed by atoms with van der Waals surface area (Å²) in [4.78, 5) is 10.3.